The first kappa shape index (κ1) is 15.0. The van der Waals surface area contributed by atoms with E-state index in [1.807, 2.05) is 27.7 Å². The van der Waals surface area contributed by atoms with Gasteiger partial charge in [-0.05, 0) is 32.3 Å². The van der Waals surface area contributed by atoms with Crippen LogP contribution in [0.25, 0.3) is 0 Å². The zero-order chi connectivity index (χ0) is 14.1. The van der Waals surface area contributed by atoms with Crippen molar-refractivity contribution in [2.24, 2.45) is 17.3 Å². The van der Waals surface area contributed by atoms with Crippen molar-refractivity contribution >= 4 is 23.5 Å². The van der Waals surface area contributed by atoms with Crippen LogP contribution in [0.2, 0.25) is 0 Å². The van der Waals surface area contributed by atoms with Gasteiger partial charge in [0.1, 0.15) is 0 Å². The van der Waals surface area contributed by atoms with Crippen molar-refractivity contribution in [3.05, 3.63) is 11.6 Å². The standard InChI is InChI=1S/C13H20ClNO3/c1-8(2)13(11(17)18)7-9(13)10(16)15-12(3,4)5-6-14/h5-6,8-9H,7H2,1-4H3,(H,15,16)(H,17,18)/b6-5+. The summed E-state index contributed by atoms with van der Waals surface area (Å²) in [6.07, 6.45) is 2.07. The molecule has 18 heavy (non-hydrogen) atoms. The number of carboxylic acids is 1. The summed E-state index contributed by atoms with van der Waals surface area (Å²) in [6, 6.07) is 0. The minimum Gasteiger partial charge on any atom is -0.481 e. The Balaban J connectivity index is 2.75. The average molecular weight is 274 g/mol. The van der Waals surface area contributed by atoms with Crippen molar-refractivity contribution in [2.75, 3.05) is 0 Å². The van der Waals surface area contributed by atoms with Crippen LogP contribution in [0.5, 0.6) is 0 Å². The number of hydrogen-bond acceptors (Lipinski definition) is 2. The molecule has 1 aliphatic rings. The Morgan fingerprint density at radius 2 is 2.06 bits per heavy atom. The van der Waals surface area contributed by atoms with Crippen LogP contribution < -0.4 is 5.32 Å². The molecule has 1 rings (SSSR count). The maximum Gasteiger partial charge on any atom is 0.310 e. The van der Waals surface area contributed by atoms with E-state index in [1.165, 1.54) is 5.54 Å². The Labute approximate surface area is 112 Å². The average Bonchev–Trinajstić information content (AvgIpc) is 2.91. The Morgan fingerprint density at radius 3 is 2.39 bits per heavy atom. The summed E-state index contributed by atoms with van der Waals surface area (Å²) in [4.78, 5) is 23.4. The Hall–Kier alpha value is -1.03. The fourth-order valence-corrected chi connectivity index (χ4v) is 2.65. The van der Waals surface area contributed by atoms with Gasteiger partial charge in [0.2, 0.25) is 5.91 Å². The van der Waals surface area contributed by atoms with Gasteiger partial charge in [-0.2, -0.15) is 0 Å². The molecule has 2 N–H and O–H groups in total. The van der Waals surface area contributed by atoms with E-state index in [0.29, 0.717) is 6.42 Å². The van der Waals surface area contributed by atoms with E-state index in [4.69, 9.17) is 11.6 Å². The molecule has 102 valence electrons. The lowest BCUT2D eigenvalue weighted by Crippen LogP contribution is -2.44. The van der Waals surface area contributed by atoms with E-state index in [9.17, 15) is 14.7 Å². The van der Waals surface area contributed by atoms with Crippen molar-refractivity contribution in [1.29, 1.82) is 0 Å². The molecule has 1 saturated carbocycles. The van der Waals surface area contributed by atoms with Crippen LogP contribution in [0.15, 0.2) is 11.6 Å². The van der Waals surface area contributed by atoms with Crippen LogP contribution in [0.4, 0.5) is 0 Å². The highest BCUT2D eigenvalue weighted by Crippen LogP contribution is 2.58. The fraction of sp³-hybridized carbons (Fsp3) is 0.692. The van der Waals surface area contributed by atoms with E-state index < -0.39 is 22.8 Å². The lowest BCUT2D eigenvalue weighted by atomic mass is 9.89. The molecule has 0 spiro atoms. The molecule has 0 aromatic rings. The van der Waals surface area contributed by atoms with Gasteiger partial charge in [0.05, 0.1) is 16.9 Å². The van der Waals surface area contributed by atoms with Gasteiger partial charge in [0, 0.05) is 5.54 Å². The van der Waals surface area contributed by atoms with E-state index in [0.717, 1.165) is 0 Å². The number of carbonyl (C=O) groups is 2. The molecule has 0 aliphatic heterocycles. The predicted octanol–water partition coefficient (Wildman–Crippen LogP) is 2.38. The number of hydrogen-bond donors (Lipinski definition) is 2. The van der Waals surface area contributed by atoms with Crippen LogP contribution in [0.1, 0.15) is 34.1 Å². The second-order valence-electron chi connectivity index (χ2n) is 5.76. The van der Waals surface area contributed by atoms with Crippen LogP contribution in [-0.4, -0.2) is 22.5 Å². The second-order valence-corrected chi connectivity index (χ2v) is 6.01. The van der Waals surface area contributed by atoms with Gasteiger partial charge in [-0.15, -0.1) is 0 Å². The first-order valence-electron chi connectivity index (χ1n) is 6.00. The number of rotatable bonds is 5. The molecule has 1 fully saturated rings. The van der Waals surface area contributed by atoms with Crippen molar-refractivity contribution < 1.29 is 14.7 Å². The normalized spacial score (nSPS) is 27.6. The SMILES string of the molecule is CC(C)C1(C(=O)O)CC1C(=O)NC(C)(C)/C=C/Cl. The summed E-state index contributed by atoms with van der Waals surface area (Å²) in [5.41, 5.74) is -0.118. The number of carbonyl (C=O) groups excluding carboxylic acids is 1. The lowest BCUT2D eigenvalue weighted by molar-refractivity contribution is -0.147. The molecule has 2 unspecified atom stereocenters. The highest BCUT2D eigenvalue weighted by molar-refractivity contribution is 6.25. The van der Waals surface area contributed by atoms with Crippen molar-refractivity contribution in [1.82, 2.24) is 5.32 Å². The van der Waals surface area contributed by atoms with Gasteiger partial charge in [-0.25, -0.2) is 0 Å². The van der Waals surface area contributed by atoms with Gasteiger partial charge in [0.25, 0.3) is 0 Å². The molecule has 2 atom stereocenters. The third-order valence-electron chi connectivity index (χ3n) is 3.67. The van der Waals surface area contributed by atoms with Gasteiger partial charge < -0.3 is 10.4 Å². The quantitative estimate of drug-likeness (QED) is 0.808. The van der Waals surface area contributed by atoms with Crippen molar-refractivity contribution in [2.45, 2.75) is 39.7 Å². The number of carboxylic acid groups (broad SMARTS) is 1. The molecule has 0 saturated heterocycles. The summed E-state index contributed by atoms with van der Waals surface area (Å²) < 4.78 is 0. The summed E-state index contributed by atoms with van der Waals surface area (Å²) in [5.74, 6) is -1.61. The van der Waals surface area contributed by atoms with E-state index >= 15 is 0 Å². The Bertz CT molecular complexity index is 390. The van der Waals surface area contributed by atoms with Crippen LogP contribution >= 0.6 is 11.6 Å². The van der Waals surface area contributed by atoms with Gasteiger partial charge in [-0.1, -0.05) is 25.4 Å². The zero-order valence-corrected chi connectivity index (χ0v) is 11.9. The smallest absolute Gasteiger partial charge is 0.310 e. The van der Waals surface area contributed by atoms with Crippen molar-refractivity contribution in [3.8, 4) is 0 Å². The molecule has 0 radical (unpaired) electrons. The number of amides is 1. The Morgan fingerprint density at radius 1 is 1.50 bits per heavy atom. The summed E-state index contributed by atoms with van der Waals surface area (Å²) >= 11 is 5.50. The van der Waals surface area contributed by atoms with Gasteiger partial charge in [-0.3, -0.25) is 9.59 Å². The first-order chi connectivity index (χ1) is 8.17. The third kappa shape index (κ3) is 2.69. The highest BCUT2D eigenvalue weighted by atomic mass is 35.5. The maximum atomic E-state index is 12.1. The largest absolute Gasteiger partial charge is 0.481 e. The van der Waals surface area contributed by atoms with E-state index in [1.54, 1.807) is 6.08 Å². The summed E-state index contributed by atoms with van der Waals surface area (Å²) in [6.45, 7) is 7.30. The van der Waals surface area contributed by atoms with Gasteiger partial charge in [0.15, 0.2) is 0 Å². The van der Waals surface area contributed by atoms with Crippen LogP contribution in [0.3, 0.4) is 0 Å². The van der Waals surface area contributed by atoms with Gasteiger partial charge >= 0.3 is 5.97 Å². The molecule has 5 heteroatoms. The Kier molecular flexibility index (Phi) is 4.11. The molecule has 0 aromatic carbocycles. The molecular weight excluding hydrogens is 254 g/mol. The summed E-state index contributed by atoms with van der Waals surface area (Å²) in [7, 11) is 0. The van der Waals surface area contributed by atoms with Crippen LogP contribution in [-0.2, 0) is 9.59 Å². The minimum absolute atomic E-state index is 0.0579. The minimum atomic E-state index is -0.898. The zero-order valence-electron chi connectivity index (χ0n) is 11.2. The number of nitrogens with one attached hydrogen (secondary N) is 1. The maximum absolute atomic E-state index is 12.1. The first-order valence-corrected chi connectivity index (χ1v) is 6.44. The third-order valence-corrected chi connectivity index (χ3v) is 3.80. The molecular formula is C13H20ClNO3. The van der Waals surface area contributed by atoms with Crippen molar-refractivity contribution in [3.63, 3.8) is 0 Å². The molecule has 0 aromatic heterocycles. The monoisotopic (exact) mass is 273 g/mol. The molecule has 1 amide bonds. The van der Waals surface area contributed by atoms with E-state index in [-0.39, 0.29) is 11.8 Å². The lowest BCUT2D eigenvalue weighted by Gasteiger charge is -2.23. The van der Waals surface area contributed by atoms with E-state index in [2.05, 4.69) is 5.32 Å². The summed E-state index contributed by atoms with van der Waals surface area (Å²) in [5, 5.41) is 12.1. The predicted molar refractivity (Wildman–Crippen MR) is 70.2 cm³/mol. The topological polar surface area (TPSA) is 66.4 Å². The number of aliphatic carboxylic acids is 1. The molecule has 0 heterocycles. The van der Waals surface area contributed by atoms with Crippen LogP contribution in [0, 0.1) is 17.3 Å². The molecule has 0 bridgehead atoms. The molecule has 4 nitrogen and oxygen atoms in total. The number of halogens is 1. The molecule has 1 aliphatic carbocycles. The highest BCUT2D eigenvalue weighted by Gasteiger charge is 2.65. The fourth-order valence-electron chi connectivity index (χ4n) is 2.33. The second kappa shape index (κ2) is 4.92.